The number of allylic oxidation sites excluding steroid dienone is 1. The van der Waals surface area contributed by atoms with Crippen molar-refractivity contribution in [3.8, 4) is 5.75 Å². The fourth-order valence-corrected chi connectivity index (χ4v) is 10.4. The number of nitrogens with one attached hydrogen (secondary N) is 1. The largest absolute Gasteiger partial charge is 0.490 e. The van der Waals surface area contributed by atoms with E-state index in [1.165, 1.54) is 11.1 Å². The molecule has 6 atom stereocenters. The summed E-state index contributed by atoms with van der Waals surface area (Å²) >= 11 is 6.43. The zero-order valence-corrected chi connectivity index (χ0v) is 33.1. The summed E-state index contributed by atoms with van der Waals surface area (Å²) in [5.74, 6) is 0.216. The molecule has 0 radical (unpaired) electrons. The van der Waals surface area contributed by atoms with Crippen molar-refractivity contribution < 1.29 is 27.5 Å². The number of carbonyl (C=O) groups excluding carboxylic acids is 1. The molecule has 50 heavy (non-hydrogen) atoms. The number of aryl methyl sites for hydroxylation is 1. The third kappa shape index (κ3) is 7.70. The molecule has 274 valence electrons. The van der Waals surface area contributed by atoms with Crippen LogP contribution in [0.4, 0.5) is 5.69 Å². The lowest BCUT2D eigenvalue weighted by Gasteiger charge is -2.45. The third-order valence-electron chi connectivity index (χ3n) is 12.4. The molecular weight excluding hydrogens is 688 g/mol. The second-order valence-electron chi connectivity index (χ2n) is 16.8. The van der Waals surface area contributed by atoms with Crippen molar-refractivity contribution in [3.05, 3.63) is 70.3 Å². The molecule has 11 heteroatoms. The summed E-state index contributed by atoms with van der Waals surface area (Å²) in [7, 11) is -6.00. The van der Waals surface area contributed by atoms with Gasteiger partial charge in [-0.3, -0.25) is 4.79 Å². The van der Waals surface area contributed by atoms with Gasteiger partial charge in [-0.15, -0.1) is 0 Å². The van der Waals surface area contributed by atoms with Crippen LogP contribution in [0.5, 0.6) is 5.75 Å². The minimum Gasteiger partial charge on any atom is -0.490 e. The van der Waals surface area contributed by atoms with Crippen LogP contribution in [0.3, 0.4) is 0 Å². The van der Waals surface area contributed by atoms with Gasteiger partial charge in [0.15, 0.2) is 8.32 Å². The van der Waals surface area contributed by atoms with Crippen LogP contribution in [0.1, 0.15) is 87.7 Å². The number of rotatable bonds is 4. The summed E-state index contributed by atoms with van der Waals surface area (Å²) in [6.07, 6.45) is 9.04. The first-order valence-corrected chi connectivity index (χ1v) is 23.2. The van der Waals surface area contributed by atoms with Gasteiger partial charge in [-0.1, -0.05) is 50.6 Å². The van der Waals surface area contributed by atoms with Crippen molar-refractivity contribution in [3.63, 3.8) is 0 Å². The molecule has 2 N–H and O–H groups in total. The summed E-state index contributed by atoms with van der Waals surface area (Å²) in [6.45, 7) is 15.1. The molecule has 2 aliphatic carbocycles. The van der Waals surface area contributed by atoms with Crippen molar-refractivity contribution in [2.45, 2.75) is 108 Å². The Hall–Kier alpha value is -2.37. The van der Waals surface area contributed by atoms with Gasteiger partial charge in [-0.25, -0.2) is 13.1 Å². The molecule has 2 bridgehead atoms. The van der Waals surface area contributed by atoms with E-state index in [9.17, 15) is 18.3 Å². The molecule has 4 aliphatic rings. The molecule has 2 aromatic rings. The van der Waals surface area contributed by atoms with Gasteiger partial charge in [0.05, 0.1) is 23.6 Å². The number of nitrogens with zero attached hydrogens (tertiary/aromatic N) is 1. The van der Waals surface area contributed by atoms with Crippen LogP contribution in [-0.2, 0) is 26.3 Å². The Labute approximate surface area is 305 Å². The summed E-state index contributed by atoms with van der Waals surface area (Å²) in [6, 6.07) is 11.4. The van der Waals surface area contributed by atoms with E-state index in [-0.39, 0.29) is 33.8 Å². The maximum Gasteiger partial charge on any atom is 0.264 e. The maximum absolute atomic E-state index is 13.6. The predicted molar refractivity (Wildman–Crippen MR) is 203 cm³/mol. The maximum atomic E-state index is 13.6. The molecule has 2 heterocycles. The highest BCUT2D eigenvalue weighted by Gasteiger charge is 2.44. The zero-order valence-electron chi connectivity index (χ0n) is 30.5. The molecule has 1 amide bonds. The van der Waals surface area contributed by atoms with E-state index in [0.29, 0.717) is 44.9 Å². The number of fused-ring (bicyclic) bond motifs is 4. The number of halogens is 1. The average molecular weight is 743 g/mol. The summed E-state index contributed by atoms with van der Waals surface area (Å²) in [5, 5.41) is 11.5. The Morgan fingerprint density at radius 2 is 1.92 bits per heavy atom. The van der Waals surface area contributed by atoms with Crippen LogP contribution in [-0.4, -0.2) is 65.4 Å². The van der Waals surface area contributed by atoms with E-state index >= 15 is 0 Å². The highest BCUT2D eigenvalue weighted by Crippen LogP contribution is 2.47. The van der Waals surface area contributed by atoms with Gasteiger partial charge in [-0.2, -0.15) is 0 Å². The van der Waals surface area contributed by atoms with Crippen molar-refractivity contribution in [2.24, 2.45) is 17.8 Å². The number of hydrogen-bond acceptors (Lipinski definition) is 7. The van der Waals surface area contributed by atoms with E-state index in [4.69, 9.17) is 20.8 Å². The van der Waals surface area contributed by atoms with Crippen molar-refractivity contribution in [2.75, 3.05) is 31.2 Å². The van der Waals surface area contributed by atoms with E-state index in [2.05, 4.69) is 55.6 Å². The number of hydrogen-bond donors (Lipinski definition) is 2. The molecule has 1 saturated carbocycles. The van der Waals surface area contributed by atoms with E-state index in [0.717, 1.165) is 42.8 Å². The highest BCUT2D eigenvalue weighted by atomic mass is 35.5. The van der Waals surface area contributed by atoms with Gasteiger partial charge in [0, 0.05) is 35.7 Å². The Morgan fingerprint density at radius 3 is 2.64 bits per heavy atom. The standard InChI is InChI=1S/C39H55ClN2O6SSi/c1-26-20-27(17-19-48-50(5,6)38(2,3)4)9-15-35(43)32-13-10-30(32)23-42-24-39(18-7-8-28-21-31(40)12-14-33(28)39)25-47-36-16-11-29(22-34(36)42)37(44)41-49(26,45)46/h9,11-12,14-16,21-22,26-27,30,32,35,43H,7-8,10,13,17-20,23-25H2,1-6H3,(H,41,44)/b15-9+/t26-,27-,30+,32-,35+,39+/m1/s1. The Bertz CT molecular complexity index is 1730. The van der Waals surface area contributed by atoms with Gasteiger partial charge in [0.1, 0.15) is 5.75 Å². The summed E-state index contributed by atoms with van der Waals surface area (Å²) < 4.78 is 42.6. The monoisotopic (exact) mass is 742 g/mol. The fourth-order valence-electron chi connectivity index (χ4n) is 8.04. The molecule has 8 nitrogen and oxygen atoms in total. The summed E-state index contributed by atoms with van der Waals surface area (Å²) in [4.78, 5) is 16.0. The van der Waals surface area contributed by atoms with E-state index in [1.54, 1.807) is 25.1 Å². The number of aliphatic hydroxyl groups excluding tert-OH is 1. The lowest BCUT2D eigenvalue weighted by Crippen LogP contribution is -2.49. The molecule has 0 saturated heterocycles. The van der Waals surface area contributed by atoms with Crippen molar-refractivity contribution in [1.29, 1.82) is 0 Å². The normalized spacial score (nSPS) is 30.6. The Kier molecular flexibility index (Phi) is 10.6. The molecule has 2 aliphatic heterocycles. The lowest BCUT2D eigenvalue weighted by atomic mass is 9.68. The zero-order chi connectivity index (χ0) is 36.1. The molecule has 6 rings (SSSR count). The van der Waals surface area contributed by atoms with Crippen molar-refractivity contribution >= 4 is 41.5 Å². The number of aliphatic hydroxyl groups is 1. The Balaban J connectivity index is 1.33. The number of carbonyl (C=O) groups is 1. The van der Waals surface area contributed by atoms with Crippen LogP contribution < -0.4 is 14.4 Å². The quantitative estimate of drug-likeness (QED) is 0.245. The topological polar surface area (TPSA) is 105 Å². The van der Waals surface area contributed by atoms with Crippen LogP contribution in [0.25, 0.3) is 0 Å². The Morgan fingerprint density at radius 1 is 1.14 bits per heavy atom. The first-order chi connectivity index (χ1) is 23.5. The van der Waals surface area contributed by atoms with Gasteiger partial charge in [0.25, 0.3) is 5.91 Å². The van der Waals surface area contributed by atoms with Crippen LogP contribution in [0.2, 0.25) is 23.2 Å². The van der Waals surface area contributed by atoms with Crippen molar-refractivity contribution in [1.82, 2.24) is 4.72 Å². The second-order valence-corrected chi connectivity index (χ2v) is 24.2. The number of ether oxygens (including phenoxy) is 1. The van der Waals surface area contributed by atoms with Gasteiger partial charge < -0.3 is 19.2 Å². The van der Waals surface area contributed by atoms with Crippen LogP contribution in [0, 0.1) is 17.8 Å². The minimum absolute atomic E-state index is 0.0605. The third-order valence-corrected chi connectivity index (χ3v) is 18.9. The molecule has 0 aromatic heterocycles. The van der Waals surface area contributed by atoms with E-state index < -0.39 is 35.6 Å². The van der Waals surface area contributed by atoms with Crippen LogP contribution in [0.15, 0.2) is 48.6 Å². The number of benzene rings is 2. The average Bonchev–Trinajstić information content (AvgIpc) is 3.17. The smallest absolute Gasteiger partial charge is 0.264 e. The second kappa shape index (κ2) is 14.2. The number of anilines is 1. The predicted octanol–water partition coefficient (Wildman–Crippen LogP) is 7.64. The first kappa shape index (κ1) is 37.4. The minimum atomic E-state index is -4.00. The molecule has 1 spiro atoms. The van der Waals surface area contributed by atoms with Gasteiger partial charge >= 0.3 is 0 Å². The van der Waals surface area contributed by atoms with E-state index in [1.807, 2.05) is 18.2 Å². The molecule has 2 aromatic carbocycles. The number of amides is 1. The lowest BCUT2D eigenvalue weighted by molar-refractivity contribution is 0.0453. The first-order valence-electron chi connectivity index (χ1n) is 18.3. The van der Waals surface area contributed by atoms with Crippen LogP contribution >= 0.6 is 11.6 Å². The van der Waals surface area contributed by atoms with Gasteiger partial charge in [0.2, 0.25) is 10.0 Å². The van der Waals surface area contributed by atoms with Gasteiger partial charge in [-0.05, 0) is 129 Å². The number of sulfonamides is 1. The summed E-state index contributed by atoms with van der Waals surface area (Å²) in [5.41, 5.74) is 3.28. The molecule has 0 unspecified atom stereocenters. The SMILES string of the molecule is C[C@@H]1C[C@@H](CCO[Si](C)(C)C(C)(C)C)/C=C/[C@H](O)[C@@H]2CC[C@H]2CN2C[C@@]3(CCCc4cc(Cl)ccc43)COc3ccc(cc32)C(=O)NS1(=O)=O. The molecule has 1 fully saturated rings. The fraction of sp³-hybridized carbons (Fsp3) is 0.615. The highest BCUT2D eigenvalue weighted by molar-refractivity contribution is 7.90. The molecular formula is C39H55ClN2O6SSi.